The molecule has 0 fully saturated rings. The van der Waals surface area contributed by atoms with E-state index in [0.717, 1.165) is 44.7 Å². The monoisotopic (exact) mass is 385 g/mol. The predicted molar refractivity (Wildman–Crippen MR) is 113 cm³/mol. The van der Waals surface area contributed by atoms with E-state index in [1.165, 1.54) is 11.3 Å². The van der Waals surface area contributed by atoms with Crippen LogP contribution in [0.3, 0.4) is 0 Å². The van der Waals surface area contributed by atoms with E-state index in [1.54, 1.807) is 6.20 Å². The van der Waals surface area contributed by atoms with E-state index in [-0.39, 0.29) is 17.1 Å². The summed E-state index contributed by atoms with van der Waals surface area (Å²) < 4.78 is 0. The van der Waals surface area contributed by atoms with Crippen LogP contribution in [0.15, 0.2) is 53.9 Å². The van der Waals surface area contributed by atoms with E-state index < -0.39 is 0 Å². The first-order chi connectivity index (χ1) is 13.5. The van der Waals surface area contributed by atoms with Crippen LogP contribution in [-0.2, 0) is 4.79 Å². The molecule has 28 heavy (non-hydrogen) atoms. The molecular formula is C23H19N3OS. The molecule has 0 saturated carbocycles. The number of carbonyl (C=O) groups is 1. The van der Waals surface area contributed by atoms with Gasteiger partial charge >= 0.3 is 0 Å². The van der Waals surface area contributed by atoms with Gasteiger partial charge in [0.1, 0.15) is 0 Å². The number of ketones is 1. The number of anilines is 1. The zero-order valence-electron chi connectivity index (χ0n) is 15.7. The van der Waals surface area contributed by atoms with Crippen LogP contribution >= 0.6 is 11.3 Å². The molecule has 1 aromatic carbocycles. The summed E-state index contributed by atoms with van der Waals surface area (Å²) in [5.74, 6) is 0.0521. The lowest BCUT2D eigenvalue weighted by atomic mass is 9.69. The molecule has 0 amide bonds. The first kappa shape index (κ1) is 17.2. The maximum absolute atomic E-state index is 13.3. The van der Waals surface area contributed by atoms with E-state index in [9.17, 15) is 4.79 Å². The molecule has 1 atom stereocenters. The number of Topliss-reactive ketones (excluding diaryl/α,β-unsaturated/α-hetero) is 1. The van der Waals surface area contributed by atoms with Gasteiger partial charge in [-0.15, -0.1) is 0 Å². The van der Waals surface area contributed by atoms with Gasteiger partial charge in [0.25, 0.3) is 0 Å². The smallest absolute Gasteiger partial charge is 0.241 e. The fourth-order valence-electron chi connectivity index (χ4n) is 4.53. The van der Waals surface area contributed by atoms with Crippen LogP contribution in [0.5, 0.6) is 0 Å². The minimum atomic E-state index is -0.150. The van der Waals surface area contributed by atoms with Gasteiger partial charge in [-0.25, -0.2) is 4.85 Å². The number of thiophene rings is 1. The highest BCUT2D eigenvalue weighted by molar-refractivity contribution is 7.16. The molecule has 5 heteroatoms. The molecule has 1 N–H and O–H groups in total. The Balaban J connectivity index is 1.81. The Bertz CT molecular complexity index is 1210. The van der Waals surface area contributed by atoms with Crippen molar-refractivity contribution in [1.29, 1.82) is 0 Å². The summed E-state index contributed by atoms with van der Waals surface area (Å²) in [4.78, 5) is 22.4. The molecule has 2 aliphatic rings. The quantitative estimate of drug-likeness (QED) is 0.519. The Hall–Kier alpha value is -2.97. The summed E-state index contributed by atoms with van der Waals surface area (Å²) >= 11 is 1.48. The molecule has 0 spiro atoms. The van der Waals surface area contributed by atoms with Crippen molar-refractivity contribution >= 4 is 38.7 Å². The normalized spacial score (nSPS) is 20.3. The molecule has 0 bridgehead atoms. The van der Waals surface area contributed by atoms with Crippen molar-refractivity contribution in [3.8, 4) is 0 Å². The minimum Gasteiger partial charge on any atom is -0.358 e. The van der Waals surface area contributed by atoms with Crippen molar-refractivity contribution in [1.82, 2.24) is 4.98 Å². The van der Waals surface area contributed by atoms with E-state index >= 15 is 0 Å². The molecule has 1 aliphatic carbocycles. The third kappa shape index (κ3) is 2.56. The van der Waals surface area contributed by atoms with Crippen molar-refractivity contribution in [2.75, 3.05) is 5.32 Å². The molecule has 5 rings (SSSR count). The second-order valence-electron chi connectivity index (χ2n) is 8.28. The van der Waals surface area contributed by atoms with Gasteiger partial charge in [0, 0.05) is 45.8 Å². The average Bonchev–Trinajstić information content (AvgIpc) is 3.14. The predicted octanol–water partition coefficient (Wildman–Crippen LogP) is 6.05. The number of hydrogen-bond acceptors (Lipinski definition) is 4. The van der Waals surface area contributed by atoms with E-state index in [4.69, 9.17) is 6.57 Å². The van der Waals surface area contributed by atoms with Crippen molar-refractivity contribution in [2.45, 2.75) is 32.6 Å². The Morgan fingerprint density at radius 3 is 2.86 bits per heavy atom. The molecule has 3 aromatic rings. The molecule has 1 unspecified atom stereocenters. The lowest BCUT2D eigenvalue weighted by Crippen LogP contribution is -2.33. The van der Waals surface area contributed by atoms with Gasteiger partial charge in [0.15, 0.2) is 5.78 Å². The third-order valence-corrected chi connectivity index (χ3v) is 6.66. The van der Waals surface area contributed by atoms with E-state index in [1.807, 2.05) is 24.3 Å². The van der Waals surface area contributed by atoms with Crippen LogP contribution in [0, 0.1) is 12.0 Å². The summed E-state index contributed by atoms with van der Waals surface area (Å²) in [5.41, 5.74) is 4.88. The number of allylic oxidation sites excluding steroid dienone is 2. The van der Waals surface area contributed by atoms with Crippen LogP contribution in [0.1, 0.15) is 43.0 Å². The van der Waals surface area contributed by atoms with Crippen LogP contribution in [0.4, 0.5) is 10.7 Å². The SMILES string of the molecule is [C-]#[N+]c1ccc(C2C3=C(CC(C)(C)CC3=O)Nc3ccc4ncccc4c32)s1. The molecule has 3 heterocycles. The number of fused-ring (bicyclic) bond motifs is 3. The van der Waals surface area contributed by atoms with Crippen molar-refractivity contribution < 1.29 is 4.79 Å². The first-order valence-corrected chi connectivity index (χ1v) is 10.2. The summed E-state index contributed by atoms with van der Waals surface area (Å²) in [6, 6.07) is 12.0. The van der Waals surface area contributed by atoms with Gasteiger partial charge in [-0.3, -0.25) is 9.78 Å². The lowest BCUT2D eigenvalue weighted by Gasteiger charge is -2.39. The van der Waals surface area contributed by atoms with Gasteiger partial charge in [-0.1, -0.05) is 26.0 Å². The largest absolute Gasteiger partial charge is 0.358 e. The zero-order chi connectivity index (χ0) is 19.5. The van der Waals surface area contributed by atoms with Crippen LogP contribution < -0.4 is 5.32 Å². The number of hydrogen-bond donors (Lipinski definition) is 1. The number of aromatic nitrogens is 1. The van der Waals surface area contributed by atoms with Gasteiger partial charge in [-0.05, 0) is 41.7 Å². The fourth-order valence-corrected chi connectivity index (χ4v) is 5.44. The second-order valence-corrected chi connectivity index (χ2v) is 9.37. The minimum absolute atomic E-state index is 0.0551. The highest BCUT2D eigenvalue weighted by atomic mass is 32.1. The maximum atomic E-state index is 13.3. The van der Waals surface area contributed by atoms with Gasteiger partial charge in [0.05, 0.1) is 12.1 Å². The average molecular weight is 385 g/mol. The summed E-state index contributed by atoms with van der Waals surface area (Å²) in [5, 5.41) is 5.28. The summed E-state index contributed by atoms with van der Waals surface area (Å²) in [6.07, 6.45) is 3.18. The maximum Gasteiger partial charge on any atom is 0.241 e. The first-order valence-electron chi connectivity index (χ1n) is 9.35. The van der Waals surface area contributed by atoms with Crippen LogP contribution in [0.25, 0.3) is 15.7 Å². The second kappa shape index (κ2) is 6.02. The molecule has 138 valence electrons. The van der Waals surface area contributed by atoms with Gasteiger partial charge < -0.3 is 5.32 Å². The Kier molecular flexibility index (Phi) is 3.68. The Labute approximate surface area is 167 Å². The highest BCUT2D eigenvalue weighted by Crippen LogP contribution is 2.52. The van der Waals surface area contributed by atoms with Crippen molar-refractivity contribution in [3.63, 3.8) is 0 Å². The highest BCUT2D eigenvalue weighted by Gasteiger charge is 2.41. The number of benzene rings is 1. The molecule has 2 aromatic heterocycles. The van der Waals surface area contributed by atoms with Crippen LogP contribution in [-0.4, -0.2) is 10.8 Å². The Morgan fingerprint density at radius 1 is 1.21 bits per heavy atom. The summed E-state index contributed by atoms with van der Waals surface area (Å²) in [6.45, 7) is 11.6. The topological polar surface area (TPSA) is 46.4 Å². The van der Waals surface area contributed by atoms with Crippen molar-refractivity contribution in [2.24, 2.45) is 5.41 Å². The van der Waals surface area contributed by atoms with Gasteiger partial charge in [0.2, 0.25) is 5.00 Å². The summed E-state index contributed by atoms with van der Waals surface area (Å²) in [7, 11) is 0. The number of pyridine rings is 1. The molecule has 4 nitrogen and oxygen atoms in total. The van der Waals surface area contributed by atoms with E-state index in [0.29, 0.717) is 11.4 Å². The molecule has 0 radical (unpaired) electrons. The lowest BCUT2D eigenvalue weighted by molar-refractivity contribution is -0.118. The number of nitrogens with one attached hydrogen (secondary N) is 1. The fraction of sp³-hybridized carbons (Fsp3) is 0.261. The van der Waals surface area contributed by atoms with Gasteiger partial charge in [-0.2, -0.15) is 11.3 Å². The number of nitrogens with zero attached hydrogens (tertiary/aromatic N) is 2. The molecular weight excluding hydrogens is 366 g/mol. The third-order valence-electron chi connectivity index (χ3n) is 5.62. The standard InChI is InChI=1S/C23H19N3OS/c1-23(2)11-16-21(17(27)12-23)22(18-8-9-19(24-3)28-18)20-13-5-4-10-25-14(13)6-7-15(20)26-16/h4-10,22,26H,11-12H2,1-2H3. The van der Waals surface area contributed by atoms with Crippen LogP contribution in [0.2, 0.25) is 0 Å². The Morgan fingerprint density at radius 2 is 2.07 bits per heavy atom. The van der Waals surface area contributed by atoms with Crippen molar-refractivity contribution in [3.05, 3.63) is 75.7 Å². The van der Waals surface area contributed by atoms with E-state index in [2.05, 4.69) is 41.1 Å². The number of rotatable bonds is 1. The zero-order valence-corrected chi connectivity index (χ0v) is 16.6. The number of carbonyl (C=O) groups excluding carboxylic acids is 1. The molecule has 1 aliphatic heterocycles. The molecule has 0 saturated heterocycles.